The summed E-state index contributed by atoms with van der Waals surface area (Å²) in [7, 11) is 1.53. The number of carbonyl (C=O) groups excluding carboxylic acids is 2. The molecule has 0 fully saturated rings. The van der Waals surface area contributed by atoms with E-state index in [0.717, 1.165) is 38.5 Å². The molecule has 0 unspecified atom stereocenters. The Labute approximate surface area is 243 Å². The number of methoxy groups -OCH3 is 1. The lowest BCUT2D eigenvalue weighted by atomic mass is 10.1. The van der Waals surface area contributed by atoms with Gasteiger partial charge in [-0.25, -0.2) is 13.8 Å². The smallest absolute Gasteiger partial charge is 0.263 e. The van der Waals surface area contributed by atoms with Crippen LogP contribution in [0.25, 0.3) is 21.5 Å². The van der Waals surface area contributed by atoms with E-state index < -0.39 is 29.1 Å². The van der Waals surface area contributed by atoms with Crippen LogP contribution in [0.2, 0.25) is 0 Å². The molecule has 5 aromatic rings. The number of rotatable bonds is 11. The number of nitrogens with zero attached hydrogens (tertiary/aromatic N) is 2. The lowest BCUT2D eigenvalue weighted by molar-refractivity contribution is -0.121. The van der Waals surface area contributed by atoms with Crippen LogP contribution < -0.4 is 16.2 Å². The van der Waals surface area contributed by atoms with Gasteiger partial charge in [-0.2, -0.15) is 0 Å². The predicted octanol–water partition coefficient (Wildman–Crippen LogP) is 4.40. The summed E-state index contributed by atoms with van der Waals surface area (Å²) in [6.45, 7) is 0.583. The van der Waals surface area contributed by atoms with Gasteiger partial charge in [-0.3, -0.25) is 14.4 Å². The molecule has 0 saturated heterocycles. The van der Waals surface area contributed by atoms with Gasteiger partial charge in [0, 0.05) is 52.9 Å². The average Bonchev–Trinajstić information content (AvgIpc) is 3.63. The summed E-state index contributed by atoms with van der Waals surface area (Å²) < 4.78 is 33.3. The maximum atomic E-state index is 13.7. The highest BCUT2D eigenvalue weighted by Crippen LogP contribution is 2.36. The molecule has 0 saturated carbocycles. The van der Waals surface area contributed by atoms with Crippen LogP contribution in [0.4, 0.5) is 8.78 Å². The van der Waals surface area contributed by atoms with Crippen molar-refractivity contribution < 1.29 is 23.1 Å². The maximum Gasteiger partial charge on any atom is 0.263 e. The van der Waals surface area contributed by atoms with Crippen molar-refractivity contribution in [2.75, 3.05) is 20.3 Å². The van der Waals surface area contributed by atoms with Gasteiger partial charge in [0.05, 0.1) is 25.6 Å². The molecule has 4 heterocycles. The minimum Gasteiger partial charge on any atom is -0.383 e. The molecule has 3 N–H and O–H groups in total. The number of nitrogens with one attached hydrogen (secondary N) is 3. The van der Waals surface area contributed by atoms with Crippen molar-refractivity contribution in [2.45, 2.75) is 19.0 Å². The zero-order valence-electron chi connectivity index (χ0n) is 22.5. The lowest BCUT2D eigenvalue weighted by Crippen LogP contribution is -2.37. The highest BCUT2D eigenvalue weighted by Gasteiger charge is 2.23. The van der Waals surface area contributed by atoms with Gasteiger partial charge in [-0.15, -0.1) is 11.3 Å². The first-order valence-corrected chi connectivity index (χ1v) is 13.9. The molecule has 1 aromatic carbocycles. The van der Waals surface area contributed by atoms with Gasteiger partial charge in [-0.05, 0) is 54.1 Å². The topological polar surface area (TPSA) is 118 Å². The van der Waals surface area contributed by atoms with Gasteiger partial charge in [0.15, 0.2) is 11.6 Å². The van der Waals surface area contributed by atoms with Crippen LogP contribution in [0.15, 0.2) is 78.0 Å². The highest BCUT2D eigenvalue weighted by atomic mass is 32.1. The molecule has 2 amide bonds. The Balaban J connectivity index is 1.40. The first-order valence-electron chi connectivity index (χ1n) is 13.1. The van der Waals surface area contributed by atoms with E-state index in [4.69, 9.17) is 4.74 Å². The number of pyridine rings is 2. The number of aromatic amines is 1. The summed E-state index contributed by atoms with van der Waals surface area (Å²) in [6, 6.07) is 13.1. The molecule has 9 nitrogen and oxygen atoms in total. The molecule has 12 heteroatoms. The molecule has 4 aromatic heterocycles. The number of halogens is 2. The molecule has 0 bridgehead atoms. The summed E-state index contributed by atoms with van der Waals surface area (Å²) in [5.41, 5.74) is 1.28. The first-order chi connectivity index (χ1) is 20.3. The highest BCUT2D eigenvalue weighted by molar-refractivity contribution is 7.15. The predicted molar refractivity (Wildman–Crippen MR) is 155 cm³/mol. The average molecular weight is 592 g/mol. The Kier molecular flexibility index (Phi) is 8.84. The fourth-order valence-corrected chi connectivity index (χ4v) is 5.61. The van der Waals surface area contributed by atoms with Crippen molar-refractivity contribution in [1.82, 2.24) is 25.2 Å². The van der Waals surface area contributed by atoms with E-state index in [9.17, 15) is 23.2 Å². The van der Waals surface area contributed by atoms with E-state index in [1.165, 1.54) is 47.4 Å². The SMILES string of the molecule is COCCNC(=O)C[C@@H](NC(=O)c1cccn(Cc2ccc(F)c(F)c2)c1=O)c1ccc(-c2c[nH]c3ncccc23)s1. The van der Waals surface area contributed by atoms with Crippen molar-refractivity contribution in [2.24, 2.45) is 0 Å². The molecule has 0 aliphatic carbocycles. The Hall–Kier alpha value is -4.68. The Morgan fingerprint density at radius 1 is 1.12 bits per heavy atom. The van der Waals surface area contributed by atoms with Crippen LogP contribution >= 0.6 is 11.3 Å². The van der Waals surface area contributed by atoms with Gasteiger partial charge in [-0.1, -0.05) is 6.07 Å². The van der Waals surface area contributed by atoms with Crippen LogP contribution in [0.1, 0.15) is 33.3 Å². The van der Waals surface area contributed by atoms with Crippen LogP contribution in [0, 0.1) is 11.6 Å². The molecule has 42 heavy (non-hydrogen) atoms. The number of carbonyl (C=O) groups is 2. The molecule has 0 aliphatic heterocycles. The summed E-state index contributed by atoms with van der Waals surface area (Å²) in [5.74, 6) is -2.98. The van der Waals surface area contributed by atoms with Crippen molar-refractivity contribution in [3.63, 3.8) is 0 Å². The van der Waals surface area contributed by atoms with E-state index in [0.29, 0.717) is 18.7 Å². The van der Waals surface area contributed by atoms with E-state index in [2.05, 4.69) is 20.6 Å². The molecule has 0 aliphatic rings. The third-order valence-corrected chi connectivity index (χ3v) is 7.84. The number of thiophene rings is 1. The van der Waals surface area contributed by atoms with E-state index in [-0.39, 0.29) is 24.4 Å². The van der Waals surface area contributed by atoms with Crippen molar-refractivity contribution in [1.29, 1.82) is 0 Å². The number of aromatic nitrogens is 3. The number of H-pyrrole nitrogens is 1. The van der Waals surface area contributed by atoms with Crippen LogP contribution in [0.5, 0.6) is 0 Å². The second-order valence-corrected chi connectivity index (χ2v) is 10.6. The maximum absolute atomic E-state index is 13.7. The summed E-state index contributed by atoms with van der Waals surface area (Å²) in [5, 5.41) is 6.56. The van der Waals surface area contributed by atoms with E-state index >= 15 is 0 Å². The lowest BCUT2D eigenvalue weighted by Gasteiger charge is -2.18. The Morgan fingerprint density at radius 3 is 2.79 bits per heavy atom. The second-order valence-electron chi connectivity index (χ2n) is 9.48. The van der Waals surface area contributed by atoms with Crippen molar-refractivity contribution >= 4 is 34.2 Å². The second kappa shape index (κ2) is 12.9. The van der Waals surface area contributed by atoms with Crippen LogP contribution in [0.3, 0.4) is 0 Å². The number of amides is 2. The molecule has 0 spiro atoms. The fraction of sp³-hybridized carbons (Fsp3) is 0.200. The first kappa shape index (κ1) is 28.8. The van der Waals surface area contributed by atoms with E-state index in [1.807, 2.05) is 30.5 Å². The third-order valence-electron chi connectivity index (χ3n) is 6.61. The number of benzene rings is 1. The van der Waals surface area contributed by atoms with Gasteiger partial charge >= 0.3 is 0 Å². The van der Waals surface area contributed by atoms with Gasteiger partial charge in [0.2, 0.25) is 5.91 Å². The fourth-order valence-electron chi connectivity index (χ4n) is 4.52. The normalized spacial score (nSPS) is 11.9. The van der Waals surface area contributed by atoms with Crippen LogP contribution in [-0.2, 0) is 16.1 Å². The molecule has 5 rings (SSSR count). The molecule has 1 atom stereocenters. The number of ether oxygens (including phenoxy) is 1. The molecular formula is C30H27F2N5O4S. The number of fused-ring (bicyclic) bond motifs is 1. The summed E-state index contributed by atoms with van der Waals surface area (Å²) in [4.78, 5) is 48.5. The van der Waals surface area contributed by atoms with Gasteiger partial charge in [0.1, 0.15) is 11.2 Å². The Bertz CT molecular complexity index is 1800. The number of hydrogen-bond acceptors (Lipinski definition) is 6. The molecule has 216 valence electrons. The Morgan fingerprint density at radius 2 is 1.98 bits per heavy atom. The van der Waals surface area contributed by atoms with Crippen molar-refractivity contribution in [3.8, 4) is 10.4 Å². The summed E-state index contributed by atoms with van der Waals surface area (Å²) >= 11 is 1.42. The molecule has 0 radical (unpaired) electrons. The standard InChI is InChI=1S/C30H27F2N5O4S/c1-41-13-11-33-27(38)15-24(26-9-8-25(42-26)21-16-35-28-19(21)4-2-10-34-28)36-29(39)20-5-3-12-37(30(20)40)17-18-6-7-22(31)23(32)14-18/h2-10,12,14,16,24H,11,13,15,17H2,1H3,(H,33,38)(H,34,35)(H,36,39)/t24-/m1/s1. The number of hydrogen-bond donors (Lipinski definition) is 3. The summed E-state index contributed by atoms with van der Waals surface area (Å²) in [6.07, 6.45) is 4.95. The molecular weight excluding hydrogens is 564 g/mol. The largest absolute Gasteiger partial charge is 0.383 e. The monoisotopic (exact) mass is 591 g/mol. The quantitative estimate of drug-likeness (QED) is 0.197. The zero-order chi connectivity index (χ0) is 29.6. The van der Waals surface area contributed by atoms with Gasteiger partial charge in [0.25, 0.3) is 11.5 Å². The third kappa shape index (κ3) is 6.45. The zero-order valence-corrected chi connectivity index (χ0v) is 23.3. The van der Waals surface area contributed by atoms with Crippen molar-refractivity contribution in [3.05, 3.63) is 111 Å². The van der Waals surface area contributed by atoms with Crippen LogP contribution in [-0.4, -0.2) is 46.6 Å². The minimum atomic E-state index is -1.03. The van der Waals surface area contributed by atoms with Gasteiger partial charge < -0.3 is 24.9 Å². The van der Waals surface area contributed by atoms with E-state index in [1.54, 1.807) is 6.20 Å². The minimum absolute atomic E-state index is 0.0593.